The lowest BCUT2D eigenvalue weighted by atomic mass is 9.97. The molecule has 2 heterocycles. The zero-order valence-electron chi connectivity index (χ0n) is 13.9. The summed E-state index contributed by atoms with van der Waals surface area (Å²) in [6.45, 7) is 5.23. The molecule has 0 spiro atoms. The van der Waals surface area contributed by atoms with Crippen LogP contribution in [0.4, 0.5) is 4.79 Å². The molecule has 2 amide bonds. The quantitative estimate of drug-likeness (QED) is 0.756. The van der Waals surface area contributed by atoms with Gasteiger partial charge in [0.15, 0.2) is 5.82 Å². The lowest BCUT2D eigenvalue weighted by molar-refractivity contribution is 0.188. The molecule has 1 unspecified atom stereocenters. The molecule has 0 bridgehead atoms. The van der Waals surface area contributed by atoms with Crippen LogP contribution in [0.15, 0.2) is 4.52 Å². The van der Waals surface area contributed by atoms with E-state index in [0.717, 1.165) is 45.3 Å². The van der Waals surface area contributed by atoms with Crippen molar-refractivity contribution in [2.45, 2.75) is 44.2 Å². The van der Waals surface area contributed by atoms with Crippen molar-refractivity contribution in [3.63, 3.8) is 0 Å². The van der Waals surface area contributed by atoms with Crippen LogP contribution in [0.1, 0.15) is 50.4 Å². The van der Waals surface area contributed by atoms with Crippen molar-refractivity contribution in [3.05, 3.63) is 11.7 Å². The second-order valence-electron chi connectivity index (χ2n) is 6.43. The van der Waals surface area contributed by atoms with Gasteiger partial charge in [-0.1, -0.05) is 18.0 Å². The summed E-state index contributed by atoms with van der Waals surface area (Å²) in [7, 11) is 2.07. The molecule has 2 fully saturated rings. The number of carbonyl (C=O) groups is 1. The van der Waals surface area contributed by atoms with E-state index in [9.17, 15) is 4.79 Å². The maximum Gasteiger partial charge on any atom is 0.315 e. The van der Waals surface area contributed by atoms with Crippen molar-refractivity contribution in [1.29, 1.82) is 0 Å². The third kappa shape index (κ3) is 3.32. The number of urea groups is 1. The number of amides is 2. The Hall–Kier alpha value is -1.67. The van der Waals surface area contributed by atoms with Gasteiger partial charge in [0.25, 0.3) is 5.89 Å². The van der Waals surface area contributed by atoms with E-state index in [4.69, 9.17) is 4.52 Å². The summed E-state index contributed by atoms with van der Waals surface area (Å²) in [5.74, 6) is 1.23. The second kappa shape index (κ2) is 6.84. The topological polar surface area (TPSA) is 95.3 Å². The first-order chi connectivity index (χ1) is 11.1. The molecule has 1 aliphatic carbocycles. The highest BCUT2D eigenvalue weighted by molar-refractivity contribution is 5.74. The van der Waals surface area contributed by atoms with Crippen LogP contribution < -0.4 is 16.0 Å². The van der Waals surface area contributed by atoms with E-state index in [1.165, 1.54) is 0 Å². The maximum atomic E-state index is 12.0. The van der Waals surface area contributed by atoms with Gasteiger partial charge in [0.2, 0.25) is 0 Å². The Morgan fingerprint density at radius 2 is 2.26 bits per heavy atom. The van der Waals surface area contributed by atoms with Gasteiger partial charge in [-0.05, 0) is 26.8 Å². The minimum atomic E-state index is -0.523. The van der Waals surface area contributed by atoms with E-state index >= 15 is 0 Å². The highest BCUT2D eigenvalue weighted by atomic mass is 16.5. The van der Waals surface area contributed by atoms with Crippen LogP contribution in [0.2, 0.25) is 0 Å². The van der Waals surface area contributed by atoms with Gasteiger partial charge in [-0.15, -0.1) is 0 Å². The highest BCUT2D eigenvalue weighted by Crippen LogP contribution is 2.38. The Labute approximate surface area is 136 Å². The smallest absolute Gasteiger partial charge is 0.315 e. The summed E-state index contributed by atoms with van der Waals surface area (Å²) in [6.07, 6.45) is 3.78. The number of likely N-dealkylation sites (N-methyl/N-ethyl adjacent to an activating group) is 1. The lowest BCUT2D eigenvalue weighted by Gasteiger charge is -2.30. The van der Waals surface area contributed by atoms with E-state index in [-0.39, 0.29) is 12.1 Å². The number of piperazine rings is 1. The largest absolute Gasteiger partial charge is 0.338 e. The zero-order valence-corrected chi connectivity index (χ0v) is 13.9. The van der Waals surface area contributed by atoms with E-state index in [1.54, 1.807) is 0 Å². The Morgan fingerprint density at radius 3 is 2.96 bits per heavy atom. The van der Waals surface area contributed by atoms with Crippen LogP contribution >= 0.6 is 0 Å². The Balaban J connectivity index is 1.79. The van der Waals surface area contributed by atoms with Crippen molar-refractivity contribution in [2.24, 2.45) is 0 Å². The molecule has 8 nitrogen and oxygen atoms in total. The minimum absolute atomic E-state index is 0.115. The van der Waals surface area contributed by atoms with Gasteiger partial charge in [-0.2, -0.15) is 4.98 Å². The molecular formula is C15H26N6O2. The van der Waals surface area contributed by atoms with Gasteiger partial charge in [0.05, 0.1) is 6.04 Å². The van der Waals surface area contributed by atoms with Gasteiger partial charge in [0, 0.05) is 26.2 Å². The number of aromatic nitrogens is 2. The molecule has 1 atom stereocenters. The Kier molecular flexibility index (Phi) is 4.82. The summed E-state index contributed by atoms with van der Waals surface area (Å²) < 4.78 is 5.57. The molecule has 0 radical (unpaired) electrons. The number of hydrogen-bond donors (Lipinski definition) is 3. The zero-order chi connectivity index (χ0) is 16.3. The molecule has 2 aliphatic rings. The van der Waals surface area contributed by atoms with E-state index in [0.29, 0.717) is 18.3 Å². The van der Waals surface area contributed by atoms with Crippen LogP contribution in [0, 0.1) is 0 Å². The van der Waals surface area contributed by atoms with Crippen molar-refractivity contribution in [3.8, 4) is 0 Å². The summed E-state index contributed by atoms with van der Waals surface area (Å²) in [6, 6.07) is -0.0604. The molecule has 1 aromatic heterocycles. The number of nitrogens with one attached hydrogen (secondary N) is 3. The van der Waals surface area contributed by atoms with Gasteiger partial charge in [-0.3, -0.25) is 4.90 Å². The Morgan fingerprint density at radius 1 is 1.48 bits per heavy atom. The van der Waals surface area contributed by atoms with Crippen LogP contribution in [0.5, 0.6) is 0 Å². The number of carbonyl (C=O) groups excluding carboxylic acids is 1. The van der Waals surface area contributed by atoms with Crippen LogP contribution in [0.25, 0.3) is 0 Å². The molecule has 1 aromatic rings. The van der Waals surface area contributed by atoms with E-state index in [2.05, 4.69) is 38.0 Å². The fourth-order valence-corrected chi connectivity index (χ4v) is 3.45. The number of nitrogens with zero attached hydrogens (tertiary/aromatic N) is 3. The third-order valence-corrected chi connectivity index (χ3v) is 4.81. The maximum absolute atomic E-state index is 12.0. The van der Waals surface area contributed by atoms with Crippen molar-refractivity contribution in [1.82, 2.24) is 31.0 Å². The van der Waals surface area contributed by atoms with Crippen LogP contribution in [-0.2, 0) is 5.54 Å². The third-order valence-electron chi connectivity index (χ3n) is 4.81. The molecule has 23 heavy (non-hydrogen) atoms. The molecule has 3 N–H and O–H groups in total. The first-order valence-electron chi connectivity index (χ1n) is 8.46. The van der Waals surface area contributed by atoms with Gasteiger partial charge in [0.1, 0.15) is 5.54 Å². The van der Waals surface area contributed by atoms with Crippen LogP contribution in [0.3, 0.4) is 0 Å². The van der Waals surface area contributed by atoms with E-state index < -0.39 is 5.54 Å². The summed E-state index contributed by atoms with van der Waals surface area (Å²) >= 11 is 0. The standard InChI is InChI=1S/C15H26N6O2/c1-3-17-14(22)19-15(6-4-5-7-15)13-18-12(20-23-13)11-10-16-8-9-21(11)2/h11,16H,3-10H2,1-2H3,(H2,17,19,22). The molecule has 1 aliphatic heterocycles. The summed E-state index contributed by atoms with van der Waals surface area (Å²) in [5.41, 5.74) is -0.523. The van der Waals surface area contributed by atoms with E-state index in [1.807, 2.05) is 6.92 Å². The first-order valence-corrected chi connectivity index (χ1v) is 8.46. The monoisotopic (exact) mass is 322 g/mol. The fourth-order valence-electron chi connectivity index (χ4n) is 3.45. The molecule has 1 saturated heterocycles. The summed E-state index contributed by atoms with van der Waals surface area (Å²) in [4.78, 5) is 18.9. The van der Waals surface area contributed by atoms with Crippen molar-refractivity contribution < 1.29 is 9.32 Å². The summed E-state index contributed by atoms with van der Waals surface area (Å²) in [5, 5.41) is 13.4. The van der Waals surface area contributed by atoms with Crippen molar-refractivity contribution in [2.75, 3.05) is 33.2 Å². The average Bonchev–Trinajstić information content (AvgIpc) is 3.18. The predicted molar refractivity (Wildman–Crippen MR) is 84.9 cm³/mol. The molecule has 8 heteroatoms. The van der Waals surface area contributed by atoms with Crippen molar-refractivity contribution >= 4 is 6.03 Å². The second-order valence-corrected chi connectivity index (χ2v) is 6.43. The van der Waals surface area contributed by atoms with Gasteiger partial charge in [-0.25, -0.2) is 4.79 Å². The highest BCUT2D eigenvalue weighted by Gasteiger charge is 2.43. The predicted octanol–water partition coefficient (Wildman–Crippen LogP) is 0.734. The SMILES string of the molecule is CCNC(=O)NC1(c2nc(C3CNCCN3C)no2)CCCC1. The fraction of sp³-hybridized carbons (Fsp3) is 0.800. The van der Waals surface area contributed by atoms with Gasteiger partial charge >= 0.3 is 6.03 Å². The molecular weight excluding hydrogens is 296 g/mol. The minimum Gasteiger partial charge on any atom is -0.338 e. The molecule has 1 saturated carbocycles. The number of rotatable bonds is 4. The first kappa shape index (κ1) is 16.2. The molecule has 128 valence electrons. The average molecular weight is 322 g/mol. The number of hydrogen-bond acceptors (Lipinski definition) is 6. The molecule has 0 aromatic carbocycles. The normalized spacial score (nSPS) is 24.5. The lowest BCUT2D eigenvalue weighted by Crippen LogP contribution is -2.48. The van der Waals surface area contributed by atoms with Crippen LogP contribution in [-0.4, -0.2) is 54.3 Å². The van der Waals surface area contributed by atoms with Gasteiger partial charge < -0.3 is 20.5 Å². The molecule has 3 rings (SSSR count). The Bertz CT molecular complexity index is 540.